The zero-order valence-corrected chi connectivity index (χ0v) is 26.3. The van der Waals surface area contributed by atoms with Crippen LogP contribution < -0.4 is 5.48 Å². The molecule has 1 aliphatic carbocycles. The molecule has 10 nitrogen and oxygen atoms in total. The van der Waals surface area contributed by atoms with Gasteiger partial charge in [-0.05, 0) is 51.4 Å². The minimum Gasteiger partial charge on any atom is -0.309 e. The van der Waals surface area contributed by atoms with Gasteiger partial charge in [0.1, 0.15) is 6.04 Å². The standard InChI is InChI=1S/C29H54N4O6S/c1-5-9-20-33(21-10-6-2,22-11-7-3)27(15-8-4)40(36,37)39-32-24-18-19-26(31(23-24)29(32)35)28(34)30-38-25-16-13-12-14-17-25/h24-27H,5-23H2,1-4H3/p+1/t24-,26+,27?/m1/s1. The molecule has 3 atom stereocenters. The van der Waals surface area contributed by atoms with E-state index in [2.05, 4.69) is 26.3 Å². The van der Waals surface area contributed by atoms with Crippen molar-refractivity contribution >= 4 is 22.1 Å². The van der Waals surface area contributed by atoms with E-state index < -0.39 is 33.6 Å². The van der Waals surface area contributed by atoms with Gasteiger partial charge in [0.05, 0.1) is 31.8 Å². The van der Waals surface area contributed by atoms with Gasteiger partial charge < -0.3 is 9.38 Å². The SMILES string of the molecule is CCCC[N+](CCCC)(CCCC)C(CCC)S(=O)(=O)ON1C(=O)N2C[C@H]1CC[C@H]2C(=O)NOC1CCCCC1. The normalized spacial score (nSPS) is 23.1. The second-order valence-corrected chi connectivity index (χ2v) is 13.8. The van der Waals surface area contributed by atoms with Crippen molar-refractivity contribution in [1.82, 2.24) is 15.4 Å². The minimum atomic E-state index is -4.13. The Balaban J connectivity index is 1.76. The minimum absolute atomic E-state index is 0.00955. The number of quaternary nitrogens is 1. The second-order valence-electron chi connectivity index (χ2n) is 12.1. The summed E-state index contributed by atoms with van der Waals surface area (Å²) in [5.74, 6) is -0.347. The van der Waals surface area contributed by atoms with Gasteiger partial charge in [-0.1, -0.05) is 66.2 Å². The van der Waals surface area contributed by atoms with Crippen molar-refractivity contribution in [3.05, 3.63) is 0 Å². The predicted octanol–water partition coefficient (Wildman–Crippen LogP) is 5.24. The number of amides is 3. The third-order valence-electron chi connectivity index (χ3n) is 9.04. The molecule has 3 rings (SSSR count). The van der Waals surface area contributed by atoms with Gasteiger partial charge >= 0.3 is 16.1 Å². The molecule has 1 saturated carbocycles. The van der Waals surface area contributed by atoms with E-state index in [0.29, 0.717) is 30.2 Å². The summed E-state index contributed by atoms with van der Waals surface area (Å²) in [5.41, 5.74) is 2.59. The van der Waals surface area contributed by atoms with E-state index in [-0.39, 0.29) is 18.6 Å². The molecule has 232 valence electrons. The number of carbonyl (C=O) groups is 2. The summed E-state index contributed by atoms with van der Waals surface area (Å²) in [5, 5.41) is 0.329. The molecular formula is C29H55N4O6S+. The topological polar surface area (TPSA) is 105 Å². The molecule has 3 aliphatic rings. The highest BCUT2D eigenvalue weighted by Crippen LogP contribution is 2.34. The summed E-state index contributed by atoms with van der Waals surface area (Å²) in [6.45, 7) is 11.1. The monoisotopic (exact) mass is 587 g/mol. The second kappa shape index (κ2) is 15.7. The number of nitrogens with one attached hydrogen (secondary N) is 1. The van der Waals surface area contributed by atoms with E-state index in [0.717, 1.165) is 88.9 Å². The van der Waals surface area contributed by atoms with Crippen LogP contribution in [0.2, 0.25) is 0 Å². The number of nitrogens with zero attached hydrogens (tertiary/aromatic N) is 3. The van der Waals surface area contributed by atoms with E-state index in [9.17, 15) is 18.0 Å². The van der Waals surface area contributed by atoms with Crippen LogP contribution in [-0.4, -0.2) is 84.5 Å². The zero-order valence-electron chi connectivity index (χ0n) is 25.4. The van der Waals surface area contributed by atoms with Gasteiger partial charge in [0, 0.05) is 13.0 Å². The van der Waals surface area contributed by atoms with Crippen LogP contribution in [0.15, 0.2) is 0 Å². The maximum Gasteiger partial charge on any atom is 0.346 e. The number of rotatable bonds is 18. The Morgan fingerprint density at radius 2 is 1.52 bits per heavy atom. The Hall–Kier alpha value is -1.43. The smallest absolute Gasteiger partial charge is 0.309 e. The van der Waals surface area contributed by atoms with Crippen LogP contribution in [0.4, 0.5) is 4.79 Å². The maximum atomic E-state index is 14.1. The molecule has 2 heterocycles. The summed E-state index contributed by atoms with van der Waals surface area (Å²) in [7, 11) is -4.13. The Morgan fingerprint density at radius 1 is 0.925 bits per heavy atom. The lowest BCUT2D eigenvalue weighted by atomic mass is 9.98. The molecule has 40 heavy (non-hydrogen) atoms. The molecule has 2 saturated heterocycles. The first-order valence-electron chi connectivity index (χ1n) is 16.1. The van der Waals surface area contributed by atoms with Gasteiger partial charge in [-0.15, -0.1) is 4.28 Å². The maximum absolute atomic E-state index is 14.1. The molecule has 3 fully saturated rings. The van der Waals surface area contributed by atoms with Crippen LogP contribution in [0, 0.1) is 0 Å². The fourth-order valence-electron chi connectivity index (χ4n) is 6.68. The number of hydroxylamine groups is 3. The number of carbonyl (C=O) groups excluding carboxylic acids is 2. The largest absolute Gasteiger partial charge is 0.346 e. The van der Waals surface area contributed by atoms with Gasteiger partial charge in [-0.25, -0.2) is 10.3 Å². The summed E-state index contributed by atoms with van der Waals surface area (Å²) < 4.78 is 34.5. The third-order valence-corrected chi connectivity index (χ3v) is 10.8. The van der Waals surface area contributed by atoms with E-state index in [4.69, 9.17) is 9.12 Å². The lowest BCUT2D eigenvalue weighted by molar-refractivity contribution is -0.939. The van der Waals surface area contributed by atoms with E-state index >= 15 is 0 Å². The molecule has 0 aromatic carbocycles. The van der Waals surface area contributed by atoms with Gasteiger partial charge in [-0.2, -0.15) is 13.5 Å². The van der Waals surface area contributed by atoms with E-state index in [1.54, 1.807) is 0 Å². The molecule has 3 amide bonds. The first kappa shape index (κ1) is 33.1. The molecule has 1 N–H and O–H groups in total. The molecule has 1 unspecified atom stereocenters. The van der Waals surface area contributed by atoms with Crippen molar-refractivity contribution < 1.29 is 31.6 Å². The molecule has 0 spiro atoms. The van der Waals surface area contributed by atoms with Crippen LogP contribution in [0.3, 0.4) is 0 Å². The van der Waals surface area contributed by atoms with Crippen molar-refractivity contribution in [1.29, 1.82) is 0 Å². The molecule has 11 heteroatoms. The van der Waals surface area contributed by atoms with Crippen molar-refractivity contribution in [3.63, 3.8) is 0 Å². The first-order chi connectivity index (χ1) is 19.2. The Morgan fingerprint density at radius 3 is 2.08 bits per heavy atom. The van der Waals surface area contributed by atoms with Gasteiger partial charge in [0.2, 0.25) is 5.37 Å². The molecule has 0 aromatic heterocycles. The fraction of sp³-hybridized carbons (Fsp3) is 0.931. The fourth-order valence-corrected chi connectivity index (χ4v) is 8.58. The molecule has 0 radical (unpaired) electrons. The lowest BCUT2D eigenvalue weighted by Crippen LogP contribution is -2.61. The van der Waals surface area contributed by atoms with Crippen LogP contribution in [0.25, 0.3) is 0 Å². The van der Waals surface area contributed by atoms with Crippen LogP contribution in [0.5, 0.6) is 0 Å². The first-order valence-corrected chi connectivity index (χ1v) is 17.5. The highest BCUT2D eigenvalue weighted by atomic mass is 32.2. The highest BCUT2D eigenvalue weighted by molar-refractivity contribution is 7.87. The van der Waals surface area contributed by atoms with Crippen LogP contribution in [0.1, 0.15) is 124 Å². The van der Waals surface area contributed by atoms with E-state index in [1.165, 1.54) is 11.3 Å². The summed E-state index contributed by atoms with van der Waals surface area (Å²) in [6.07, 6.45) is 13.2. The molecule has 2 aliphatic heterocycles. The molecule has 2 bridgehead atoms. The summed E-state index contributed by atoms with van der Waals surface area (Å²) in [4.78, 5) is 33.6. The number of urea groups is 1. The zero-order chi connectivity index (χ0) is 29.2. The summed E-state index contributed by atoms with van der Waals surface area (Å²) >= 11 is 0. The van der Waals surface area contributed by atoms with Crippen molar-refractivity contribution in [2.24, 2.45) is 0 Å². The average Bonchev–Trinajstić information content (AvgIpc) is 3.19. The number of unbranched alkanes of at least 4 members (excludes halogenated alkanes) is 3. The molecular weight excluding hydrogens is 532 g/mol. The van der Waals surface area contributed by atoms with E-state index in [1.807, 2.05) is 6.92 Å². The van der Waals surface area contributed by atoms with Gasteiger partial charge in [-0.3, -0.25) is 9.63 Å². The van der Waals surface area contributed by atoms with Crippen molar-refractivity contribution in [2.75, 3.05) is 26.2 Å². The molecule has 0 aromatic rings. The van der Waals surface area contributed by atoms with Crippen LogP contribution >= 0.6 is 0 Å². The Labute approximate surface area is 242 Å². The van der Waals surface area contributed by atoms with Crippen LogP contribution in [-0.2, 0) is 24.0 Å². The number of hydrogen-bond acceptors (Lipinski definition) is 6. The quantitative estimate of drug-likeness (QED) is 0.174. The third kappa shape index (κ3) is 8.10. The predicted molar refractivity (Wildman–Crippen MR) is 155 cm³/mol. The van der Waals surface area contributed by atoms with Crippen molar-refractivity contribution in [3.8, 4) is 0 Å². The summed E-state index contributed by atoms with van der Waals surface area (Å²) in [6, 6.07) is -1.63. The number of piperidine rings is 1. The lowest BCUT2D eigenvalue weighted by Gasteiger charge is -2.44. The van der Waals surface area contributed by atoms with Gasteiger partial charge in [0.15, 0.2) is 0 Å². The highest BCUT2D eigenvalue weighted by Gasteiger charge is 2.52. The van der Waals surface area contributed by atoms with Crippen molar-refractivity contribution in [2.45, 2.75) is 148 Å². The van der Waals surface area contributed by atoms with Gasteiger partial charge in [0.25, 0.3) is 5.91 Å². The number of fused-ring (bicyclic) bond motifs is 2. The average molecular weight is 588 g/mol. The Kier molecular flexibility index (Phi) is 13.0. The number of hydrogen-bond donors (Lipinski definition) is 1. The Bertz CT molecular complexity index is 888.